The van der Waals surface area contributed by atoms with Crippen molar-refractivity contribution in [3.63, 3.8) is 0 Å². The Balaban J connectivity index is 0.000000216. The first kappa shape index (κ1) is 45.4. The highest BCUT2D eigenvalue weighted by molar-refractivity contribution is 5.35. The van der Waals surface area contributed by atoms with Gasteiger partial charge in [0.1, 0.15) is 29.0 Å². The Morgan fingerprint density at radius 1 is 0.537 bits per heavy atom. The number of likely N-dealkylation sites (tertiary alicyclic amines) is 3. The van der Waals surface area contributed by atoms with E-state index in [0.717, 1.165) is 90.6 Å². The van der Waals surface area contributed by atoms with Gasteiger partial charge in [0, 0.05) is 35.9 Å². The molecule has 54 heavy (non-hydrogen) atoms. The summed E-state index contributed by atoms with van der Waals surface area (Å²) in [5.74, 6) is -0.752. The predicted octanol–water partition coefficient (Wildman–Crippen LogP) is 11.2. The minimum atomic E-state index is -0.342. The van der Waals surface area contributed by atoms with Crippen molar-refractivity contribution in [2.75, 3.05) is 60.4 Å². The molecule has 3 unspecified atom stereocenters. The summed E-state index contributed by atoms with van der Waals surface area (Å²) in [5.41, 5.74) is 2.16. The molecule has 3 aliphatic rings. The maximum atomic E-state index is 14.1. The molecule has 1 N–H and O–H groups in total. The molecule has 0 bridgehead atoms. The van der Waals surface area contributed by atoms with E-state index in [-0.39, 0.29) is 52.7 Å². The minimum absolute atomic E-state index is 0. The van der Waals surface area contributed by atoms with Gasteiger partial charge in [0.15, 0.2) is 0 Å². The van der Waals surface area contributed by atoms with Gasteiger partial charge < -0.3 is 19.8 Å². The third-order valence-electron chi connectivity index (χ3n) is 12.5. The van der Waals surface area contributed by atoms with E-state index in [1.807, 2.05) is 6.07 Å². The Bertz CT molecular complexity index is 1510. The number of rotatable bonds is 6. The van der Waals surface area contributed by atoms with Crippen LogP contribution in [0.5, 0.6) is 5.75 Å². The van der Waals surface area contributed by atoms with E-state index in [1.54, 1.807) is 12.1 Å². The summed E-state index contributed by atoms with van der Waals surface area (Å²) < 4.78 is 55.0. The first-order chi connectivity index (χ1) is 25.3. The maximum absolute atomic E-state index is 14.1. The lowest BCUT2D eigenvalue weighted by Gasteiger charge is -2.35. The summed E-state index contributed by atoms with van der Waals surface area (Å²) in [4.78, 5) is 6.90. The molecule has 0 aromatic heterocycles. The molecule has 3 aromatic carbocycles. The molecule has 0 aliphatic carbocycles. The van der Waals surface area contributed by atoms with Crippen LogP contribution in [-0.4, -0.2) is 80.2 Å². The fraction of sp³-hybridized carbons (Fsp3) is 0.609. The van der Waals surface area contributed by atoms with Crippen LogP contribution in [0.2, 0.25) is 0 Å². The number of hydrogen-bond donors (Lipinski definition) is 1. The predicted molar refractivity (Wildman–Crippen MR) is 218 cm³/mol. The van der Waals surface area contributed by atoms with Gasteiger partial charge in [-0.1, -0.05) is 59.6 Å². The Hall–Kier alpha value is -2.94. The molecule has 3 heterocycles. The normalized spacial score (nSPS) is 25.7. The quantitative estimate of drug-likeness (QED) is 0.254. The second kappa shape index (κ2) is 20.8. The Morgan fingerprint density at radius 3 is 1.44 bits per heavy atom. The highest BCUT2D eigenvalue weighted by Gasteiger charge is 2.37. The van der Waals surface area contributed by atoms with Gasteiger partial charge in [-0.3, -0.25) is 0 Å². The van der Waals surface area contributed by atoms with Crippen molar-refractivity contribution in [2.24, 2.45) is 0 Å². The van der Waals surface area contributed by atoms with Gasteiger partial charge in [0.05, 0.1) is 0 Å². The van der Waals surface area contributed by atoms with Crippen molar-refractivity contribution >= 4 is 0 Å². The van der Waals surface area contributed by atoms with Gasteiger partial charge in [-0.2, -0.15) is 0 Å². The SMILES string of the molecule is C.CCC1(c2cc(F)ccc2F)CCCCN(C)C1.CCC1(c2cc(O)ccc2F)CCCCN(C)C1.CCC1(c2cccc(F)c2)CCCCN(C)C1. The molecule has 3 fully saturated rings. The maximum Gasteiger partial charge on any atom is 0.127 e. The first-order valence-corrected chi connectivity index (χ1v) is 20.1. The standard InChI is InChI=1S/C15H21F2N.C15H22FNO.C15H22FN.CH4/c1-3-15(8-4-5-9-18(2)11-15)13-10-12(16)6-7-14(13)17;1-3-15(8-4-5-9-17(2)11-15)13-10-12(18)6-7-14(13)16;1-3-15(9-4-5-10-17(2)12-15)13-7-6-8-14(16)11-13;/h6-7,10H,3-5,8-9,11H2,1-2H3;6-7,10,18H,3-5,8-9,11H2,1-2H3;6-8,11H,3-5,9-10,12H2,1-2H3;1H4. The zero-order valence-electron chi connectivity index (χ0n) is 33.3. The van der Waals surface area contributed by atoms with Crippen molar-refractivity contribution in [1.29, 1.82) is 0 Å². The summed E-state index contributed by atoms with van der Waals surface area (Å²) in [6.07, 6.45) is 12.9. The van der Waals surface area contributed by atoms with Gasteiger partial charge in [0.2, 0.25) is 0 Å². The highest BCUT2D eigenvalue weighted by Crippen LogP contribution is 2.40. The summed E-state index contributed by atoms with van der Waals surface area (Å²) >= 11 is 0. The summed E-state index contributed by atoms with van der Waals surface area (Å²) in [5, 5.41) is 9.63. The Kier molecular flexibility index (Phi) is 17.5. The van der Waals surface area contributed by atoms with Crippen LogP contribution in [-0.2, 0) is 16.2 Å². The molecule has 3 atom stereocenters. The summed E-state index contributed by atoms with van der Waals surface area (Å²) in [7, 11) is 6.33. The zero-order valence-corrected chi connectivity index (χ0v) is 33.3. The fourth-order valence-corrected chi connectivity index (χ4v) is 9.33. The van der Waals surface area contributed by atoms with E-state index >= 15 is 0 Å². The van der Waals surface area contributed by atoms with E-state index in [2.05, 4.69) is 62.7 Å². The molecular formula is C46H69F4N3O. The number of likely N-dealkylation sites (N-methyl/N-ethyl adjacent to an activating group) is 3. The van der Waals surface area contributed by atoms with Crippen LogP contribution < -0.4 is 0 Å². The minimum Gasteiger partial charge on any atom is -0.508 e. The molecule has 4 nitrogen and oxygen atoms in total. The van der Waals surface area contributed by atoms with Gasteiger partial charge in [-0.25, -0.2) is 17.6 Å². The number of hydrogen-bond acceptors (Lipinski definition) is 4. The van der Waals surface area contributed by atoms with Crippen LogP contribution in [0.25, 0.3) is 0 Å². The topological polar surface area (TPSA) is 30.0 Å². The van der Waals surface area contributed by atoms with Gasteiger partial charge in [-0.15, -0.1) is 0 Å². The van der Waals surface area contributed by atoms with E-state index in [0.29, 0.717) is 11.1 Å². The van der Waals surface area contributed by atoms with Gasteiger partial charge in [-0.05, 0) is 164 Å². The lowest BCUT2D eigenvalue weighted by molar-refractivity contribution is 0.250. The molecule has 0 radical (unpaired) electrons. The van der Waals surface area contributed by atoms with Crippen molar-refractivity contribution in [3.8, 4) is 5.75 Å². The molecule has 0 saturated carbocycles. The number of phenols is 1. The third-order valence-corrected chi connectivity index (χ3v) is 12.5. The van der Waals surface area contributed by atoms with Crippen LogP contribution >= 0.6 is 0 Å². The number of halogens is 4. The average molecular weight is 756 g/mol. The van der Waals surface area contributed by atoms with E-state index in [4.69, 9.17) is 0 Å². The molecule has 6 rings (SSSR count). The molecule has 0 amide bonds. The van der Waals surface area contributed by atoms with Crippen LogP contribution in [0.15, 0.2) is 60.7 Å². The van der Waals surface area contributed by atoms with Crippen molar-refractivity contribution in [3.05, 3.63) is 101 Å². The van der Waals surface area contributed by atoms with Crippen LogP contribution in [0, 0.1) is 23.3 Å². The number of nitrogens with zero attached hydrogens (tertiary/aromatic N) is 3. The fourth-order valence-electron chi connectivity index (χ4n) is 9.33. The first-order valence-electron chi connectivity index (χ1n) is 20.1. The Labute approximate surface area is 324 Å². The smallest absolute Gasteiger partial charge is 0.127 e. The van der Waals surface area contributed by atoms with E-state index in [1.165, 1.54) is 67.6 Å². The highest BCUT2D eigenvalue weighted by atomic mass is 19.1. The molecule has 0 spiro atoms. The van der Waals surface area contributed by atoms with Crippen LogP contribution in [0.3, 0.4) is 0 Å². The molecule has 8 heteroatoms. The van der Waals surface area contributed by atoms with Crippen LogP contribution in [0.4, 0.5) is 17.6 Å². The van der Waals surface area contributed by atoms with Gasteiger partial charge in [0.25, 0.3) is 0 Å². The summed E-state index contributed by atoms with van der Waals surface area (Å²) in [6, 6.07) is 15.4. The second-order valence-electron chi connectivity index (χ2n) is 16.3. The molecular weight excluding hydrogens is 687 g/mol. The van der Waals surface area contributed by atoms with E-state index in [9.17, 15) is 22.7 Å². The van der Waals surface area contributed by atoms with Gasteiger partial charge >= 0.3 is 0 Å². The summed E-state index contributed by atoms with van der Waals surface area (Å²) in [6.45, 7) is 12.4. The average Bonchev–Trinajstić information content (AvgIpc) is 3.57. The zero-order chi connectivity index (χ0) is 38.6. The number of aromatic hydroxyl groups is 1. The molecule has 3 aliphatic heterocycles. The van der Waals surface area contributed by atoms with Crippen LogP contribution in [0.1, 0.15) is 122 Å². The molecule has 302 valence electrons. The Morgan fingerprint density at radius 2 is 0.963 bits per heavy atom. The second-order valence-corrected chi connectivity index (χ2v) is 16.3. The lowest BCUT2D eigenvalue weighted by atomic mass is 9.74. The number of benzene rings is 3. The van der Waals surface area contributed by atoms with E-state index < -0.39 is 0 Å². The molecule has 3 aromatic rings. The van der Waals surface area contributed by atoms with Crippen molar-refractivity contribution < 1.29 is 22.7 Å². The largest absolute Gasteiger partial charge is 0.508 e. The monoisotopic (exact) mass is 756 g/mol. The lowest BCUT2D eigenvalue weighted by Crippen LogP contribution is -2.38. The van der Waals surface area contributed by atoms with Crippen molar-refractivity contribution in [1.82, 2.24) is 14.7 Å². The molecule has 3 saturated heterocycles. The third kappa shape index (κ3) is 11.5. The number of phenolic OH excluding ortho intramolecular Hbond substituents is 1. The van der Waals surface area contributed by atoms with Crippen molar-refractivity contribution in [2.45, 2.75) is 121 Å².